The fourth-order valence-corrected chi connectivity index (χ4v) is 1.54. The number of benzene rings is 1. The van der Waals surface area contributed by atoms with Gasteiger partial charge in [-0.15, -0.1) is 0 Å². The Bertz CT molecular complexity index is 486. The van der Waals surface area contributed by atoms with Gasteiger partial charge in [0.15, 0.2) is 6.23 Å². The Morgan fingerprint density at radius 2 is 1.90 bits per heavy atom. The summed E-state index contributed by atoms with van der Waals surface area (Å²) < 4.78 is 46.2. The monoisotopic (exact) mass is 291 g/mol. The Balaban J connectivity index is 3.01. The lowest BCUT2D eigenvalue weighted by atomic mass is 10.1. The molecule has 0 amide bonds. The van der Waals surface area contributed by atoms with Gasteiger partial charge in [-0.1, -0.05) is 18.2 Å². The van der Waals surface area contributed by atoms with Gasteiger partial charge in [-0.25, -0.2) is 4.79 Å². The summed E-state index contributed by atoms with van der Waals surface area (Å²) in [6.07, 6.45) is -6.82. The second-order valence-electron chi connectivity index (χ2n) is 4.48. The van der Waals surface area contributed by atoms with Crippen LogP contribution < -0.4 is 10.5 Å². The van der Waals surface area contributed by atoms with Crippen molar-refractivity contribution in [3.8, 4) is 5.75 Å². The molecule has 0 saturated heterocycles. The molecule has 112 valence electrons. The Hall–Kier alpha value is -1.76. The number of alkyl halides is 3. The fraction of sp³-hybridized carbons (Fsp3) is 0.462. The van der Waals surface area contributed by atoms with Crippen molar-refractivity contribution in [1.29, 1.82) is 0 Å². The fourth-order valence-electron chi connectivity index (χ4n) is 1.54. The van der Waals surface area contributed by atoms with Gasteiger partial charge in [-0.3, -0.25) is 5.73 Å². The molecule has 20 heavy (non-hydrogen) atoms. The van der Waals surface area contributed by atoms with E-state index in [1.54, 1.807) is 32.9 Å². The van der Waals surface area contributed by atoms with Gasteiger partial charge in [-0.2, -0.15) is 13.2 Å². The van der Waals surface area contributed by atoms with Crippen LogP contribution in [0.3, 0.4) is 0 Å². The molecule has 1 aromatic carbocycles. The smallest absolute Gasteiger partial charge is 0.490 e. The molecule has 2 N–H and O–H groups in total. The van der Waals surface area contributed by atoms with Gasteiger partial charge in [0.2, 0.25) is 0 Å². The van der Waals surface area contributed by atoms with E-state index in [9.17, 15) is 18.0 Å². The third kappa shape index (κ3) is 4.12. The van der Waals surface area contributed by atoms with Gasteiger partial charge in [0.1, 0.15) is 5.75 Å². The van der Waals surface area contributed by atoms with Crippen molar-refractivity contribution in [2.75, 3.05) is 0 Å². The maximum atomic E-state index is 12.2. The molecule has 0 saturated carbocycles. The lowest BCUT2D eigenvalue weighted by molar-refractivity contribution is -0.205. The van der Waals surface area contributed by atoms with Crippen LogP contribution in [0.1, 0.15) is 31.2 Å². The van der Waals surface area contributed by atoms with E-state index in [0.717, 1.165) is 0 Å². The third-order valence-electron chi connectivity index (χ3n) is 2.37. The summed E-state index contributed by atoms with van der Waals surface area (Å²) in [7, 11) is 0. The Morgan fingerprint density at radius 3 is 2.40 bits per heavy atom. The first-order valence-corrected chi connectivity index (χ1v) is 5.92. The van der Waals surface area contributed by atoms with Crippen LogP contribution in [0.5, 0.6) is 5.75 Å². The van der Waals surface area contributed by atoms with Gasteiger partial charge in [0, 0.05) is 5.56 Å². The molecular weight excluding hydrogens is 275 g/mol. The predicted molar refractivity (Wildman–Crippen MR) is 66.0 cm³/mol. The molecule has 0 aliphatic rings. The predicted octanol–water partition coefficient (Wildman–Crippen LogP) is 2.85. The highest BCUT2D eigenvalue weighted by atomic mass is 19.4. The number of para-hydroxylation sites is 1. The summed E-state index contributed by atoms with van der Waals surface area (Å²) in [4.78, 5) is 10.8. The molecule has 7 heteroatoms. The highest BCUT2D eigenvalue weighted by molar-refractivity contribution is 5.76. The summed E-state index contributed by atoms with van der Waals surface area (Å²) in [5, 5.41) is 0. The van der Waals surface area contributed by atoms with E-state index < -0.39 is 18.4 Å². The summed E-state index contributed by atoms with van der Waals surface area (Å²) in [5.74, 6) is -2.01. The van der Waals surface area contributed by atoms with Crippen molar-refractivity contribution < 1.29 is 27.4 Å². The molecule has 0 aliphatic heterocycles. The van der Waals surface area contributed by atoms with Gasteiger partial charge in [0.25, 0.3) is 0 Å². The van der Waals surface area contributed by atoms with E-state index >= 15 is 0 Å². The highest BCUT2D eigenvalue weighted by Crippen LogP contribution is 2.30. The first-order chi connectivity index (χ1) is 9.12. The molecule has 1 aromatic rings. The molecule has 0 bridgehead atoms. The minimum absolute atomic E-state index is 0.191. The van der Waals surface area contributed by atoms with Crippen molar-refractivity contribution in [2.45, 2.75) is 39.3 Å². The number of hydrogen-bond acceptors (Lipinski definition) is 4. The third-order valence-corrected chi connectivity index (χ3v) is 2.37. The number of carbonyl (C=O) groups excluding carboxylic acids is 1. The Morgan fingerprint density at radius 1 is 1.30 bits per heavy atom. The molecule has 0 fully saturated rings. The van der Waals surface area contributed by atoms with E-state index in [4.69, 9.17) is 10.5 Å². The quantitative estimate of drug-likeness (QED) is 0.684. The molecule has 0 aliphatic carbocycles. The average molecular weight is 291 g/mol. The molecule has 0 spiro atoms. The molecule has 0 heterocycles. The topological polar surface area (TPSA) is 61.5 Å². The zero-order chi connectivity index (χ0) is 15.5. The lowest BCUT2D eigenvalue weighted by Gasteiger charge is -2.21. The van der Waals surface area contributed by atoms with Crippen molar-refractivity contribution >= 4 is 5.97 Å². The van der Waals surface area contributed by atoms with Crippen LogP contribution in [0.2, 0.25) is 0 Å². The van der Waals surface area contributed by atoms with Crippen LogP contribution in [-0.2, 0) is 9.53 Å². The number of ether oxygens (including phenoxy) is 2. The van der Waals surface area contributed by atoms with E-state index in [-0.39, 0.29) is 11.7 Å². The maximum Gasteiger partial charge on any atom is 0.490 e. The van der Waals surface area contributed by atoms with Crippen molar-refractivity contribution in [2.24, 2.45) is 5.73 Å². The lowest BCUT2D eigenvalue weighted by Crippen LogP contribution is -2.30. The average Bonchev–Trinajstić information content (AvgIpc) is 2.29. The summed E-state index contributed by atoms with van der Waals surface area (Å²) in [6, 6.07) is 4.78. The van der Waals surface area contributed by atoms with Crippen molar-refractivity contribution in [1.82, 2.24) is 0 Å². The van der Waals surface area contributed by atoms with E-state index in [0.29, 0.717) is 11.3 Å². The highest BCUT2D eigenvalue weighted by Gasteiger charge is 2.42. The van der Waals surface area contributed by atoms with Crippen LogP contribution >= 0.6 is 0 Å². The van der Waals surface area contributed by atoms with Crippen LogP contribution in [-0.4, -0.2) is 18.2 Å². The number of nitrogens with two attached hydrogens (primary N) is 1. The van der Waals surface area contributed by atoms with Gasteiger partial charge in [0.05, 0.1) is 6.10 Å². The molecule has 1 rings (SSSR count). The van der Waals surface area contributed by atoms with E-state index in [1.807, 2.05) is 0 Å². The van der Waals surface area contributed by atoms with Gasteiger partial charge in [-0.05, 0) is 26.3 Å². The summed E-state index contributed by atoms with van der Waals surface area (Å²) in [6.45, 7) is 5.26. The number of esters is 1. The van der Waals surface area contributed by atoms with Crippen LogP contribution in [0, 0.1) is 6.92 Å². The molecule has 0 radical (unpaired) electrons. The summed E-state index contributed by atoms with van der Waals surface area (Å²) >= 11 is 0. The molecule has 1 unspecified atom stereocenters. The zero-order valence-electron chi connectivity index (χ0n) is 11.3. The largest absolute Gasteiger partial charge is 0.490 e. The minimum Gasteiger partial charge on any atom is -0.490 e. The van der Waals surface area contributed by atoms with Crippen molar-refractivity contribution in [3.05, 3.63) is 29.3 Å². The van der Waals surface area contributed by atoms with Gasteiger partial charge < -0.3 is 9.47 Å². The number of hydrogen-bond donors (Lipinski definition) is 1. The molecular formula is C13H16F3NO3. The van der Waals surface area contributed by atoms with E-state index in [1.165, 1.54) is 6.07 Å². The van der Waals surface area contributed by atoms with Crippen LogP contribution in [0.25, 0.3) is 0 Å². The molecule has 1 atom stereocenters. The first-order valence-electron chi connectivity index (χ1n) is 5.92. The number of rotatable bonds is 4. The van der Waals surface area contributed by atoms with Crippen LogP contribution in [0.15, 0.2) is 18.2 Å². The second kappa shape index (κ2) is 6.13. The second-order valence-corrected chi connectivity index (χ2v) is 4.48. The SMILES string of the molecule is Cc1cccc(C(N)OC(=O)C(F)(F)F)c1OC(C)C. The van der Waals surface area contributed by atoms with Crippen LogP contribution in [0.4, 0.5) is 13.2 Å². The summed E-state index contributed by atoms with van der Waals surface area (Å²) in [5.41, 5.74) is 6.40. The first kappa shape index (κ1) is 16.3. The van der Waals surface area contributed by atoms with Gasteiger partial charge >= 0.3 is 12.1 Å². The number of carbonyl (C=O) groups is 1. The number of halogens is 3. The molecule has 4 nitrogen and oxygen atoms in total. The molecule has 0 aromatic heterocycles. The standard InChI is InChI=1S/C13H16F3NO3/c1-7(2)19-10-8(3)5-4-6-9(10)11(17)20-12(18)13(14,15)16/h4-7,11H,17H2,1-3H3. The minimum atomic E-state index is -5.08. The zero-order valence-corrected chi connectivity index (χ0v) is 11.3. The maximum absolute atomic E-state index is 12.2. The Labute approximate surface area is 114 Å². The Kier molecular flexibility index (Phi) is 4.99. The number of aryl methyl sites for hydroxylation is 1. The normalized spacial score (nSPS) is 13.2. The van der Waals surface area contributed by atoms with E-state index in [2.05, 4.69) is 4.74 Å². The van der Waals surface area contributed by atoms with Crippen molar-refractivity contribution in [3.63, 3.8) is 0 Å².